The molecule has 0 saturated heterocycles. The molecule has 0 aromatic rings. The maximum atomic E-state index is 3.03. The smallest absolute Gasteiger partial charge is 0.0432 e. The Bertz CT molecular complexity index is 101. The average molecular weight is 100 g/mol. The van der Waals surface area contributed by atoms with Gasteiger partial charge in [-0.15, -0.1) is 0 Å². The topological polar surface area (TPSA) is 24.1 Å². The van der Waals surface area contributed by atoms with Crippen molar-refractivity contribution in [3.63, 3.8) is 0 Å². The number of hydrogen-bond donors (Lipinski definition) is 2. The molecule has 1 heterocycles. The third-order valence-electron chi connectivity index (χ3n) is 0.997. The Labute approximate surface area is 45.1 Å². The lowest BCUT2D eigenvalue weighted by molar-refractivity contribution is 0.607. The van der Waals surface area contributed by atoms with Gasteiger partial charge < -0.3 is 5.43 Å². The molecule has 1 atom stereocenters. The van der Waals surface area contributed by atoms with E-state index in [2.05, 4.69) is 23.9 Å². The molecule has 0 aromatic heterocycles. The summed E-state index contributed by atoms with van der Waals surface area (Å²) in [7, 11) is 0. The van der Waals surface area contributed by atoms with Crippen LogP contribution in [-0.2, 0) is 0 Å². The van der Waals surface area contributed by atoms with Crippen LogP contribution >= 0.6 is 0 Å². The minimum Gasteiger partial charge on any atom is -0.326 e. The Hall–Kier alpha value is -0.500. The Morgan fingerprint density at radius 1 is 1.86 bits per heavy atom. The molecule has 0 amide bonds. The monoisotopic (exact) mass is 100 g/mol. The first-order chi connectivity index (χ1) is 3.29. The van der Waals surface area contributed by atoms with Gasteiger partial charge in [0.25, 0.3) is 0 Å². The molecule has 1 aliphatic rings. The van der Waals surface area contributed by atoms with Crippen molar-refractivity contribution in [1.29, 1.82) is 0 Å². The number of nitrogens with one attached hydrogen (secondary N) is 2. The van der Waals surface area contributed by atoms with Gasteiger partial charge in [-0.2, -0.15) is 0 Å². The van der Waals surface area contributed by atoms with Crippen LogP contribution in [0.15, 0.2) is 11.8 Å². The van der Waals surface area contributed by atoms with Gasteiger partial charge in [0.15, 0.2) is 0 Å². The largest absolute Gasteiger partial charge is 0.326 e. The average Bonchev–Trinajstić information content (AvgIpc) is 1.87. The fourth-order valence-electron chi connectivity index (χ4n) is 0.686. The molecule has 0 spiro atoms. The van der Waals surface area contributed by atoms with Gasteiger partial charge in [0, 0.05) is 13.2 Å². The lowest BCUT2D eigenvalue weighted by Gasteiger charge is -1.97. The van der Waals surface area contributed by atoms with Crippen LogP contribution < -0.4 is 10.9 Å². The van der Waals surface area contributed by atoms with Crippen LogP contribution in [0, 0.1) is 0 Å². The number of hydrogen-bond acceptors (Lipinski definition) is 2. The Balaban J connectivity index is 0.000000490. The van der Waals surface area contributed by atoms with Crippen molar-refractivity contribution in [2.24, 2.45) is 0 Å². The van der Waals surface area contributed by atoms with E-state index in [0.29, 0.717) is 6.04 Å². The van der Waals surface area contributed by atoms with E-state index in [1.807, 2.05) is 6.92 Å². The molecule has 2 N–H and O–H groups in total. The van der Waals surface area contributed by atoms with Crippen LogP contribution in [-0.4, -0.2) is 6.04 Å². The highest BCUT2D eigenvalue weighted by atomic mass is 15.4. The van der Waals surface area contributed by atoms with E-state index in [1.54, 1.807) is 0 Å². The first kappa shape index (κ1) is 4.65. The van der Waals surface area contributed by atoms with E-state index in [9.17, 15) is 0 Å². The Morgan fingerprint density at radius 2 is 2.57 bits per heavy atom. The predicted octanol–water partition coefficient (Wildman–Crippen LogP) is 0.632. The van der Waals surface area contributed by atoms with Crippen molar-refractivity contribution < 1.29 is 1.43 Å². The zero-order valence-corrected chi connectivity index (χ0v) is 4.65. The second kappa shape index (κ2) is 1.54. The normalized spacial score (nSPS) is 29.4. The molecule has 1 unspecified atom stereocenters. The highest BCUT2D eigenvalue weighted by Gasteiger charge is 2.02. The molecule has 0 aliphatic carbocycles. The van der Waals surface area contributed by atoms with Crippen molar-refractivity contribution in [2.75, 3.05) is 0 Å². The van der Waals surface area contributed by atoms with E-state index in [-0.39, 0.29) is 1.43 Å². The third kappa shape index (κ3) is 0.933. The number of rotatable bonds is 0. The molecule has 1 aliphatic heterocycles. The minimum absolute atomic E-state index is 0. The van der Waals surface area contributed by atoms with Gasteiger partial charge in [0.05, 0.1) is 0 Å². The number of hydrazine groups is 1. The number of allylic oxidation sites excluding steroid dienone is 1. The van der Waals surface area contributed by atoms with Gasteiger partial charge in [-0.05, 0) is 19.9 Å². The summed E-state index contributed by atoms with van der Waals surface area (Å²) in [6.45, 7) is 4.14. The van der Waals surface area contributed by atoms with Crippen molar-refractivity contribution in [3.05, 3.63) is 11.8 Å². The molecule has 0 fully saturated rings. The van der Waals surface area contributed by atoms with Crippen LogP contribution in [0.5, 0.6) is 0 Å². The summed E-state index contributed by atoms with van der Waals surface area (Å²) < 4.78 is 0. The highest BCUT2D eigenvalue weighted by molar-refractivity contribution is 5.05. The second-order valence-electron chi connectivity index (χ2n) is 1.91. The summed E-state index contributed by atoms with van der Waals surface area (Å²) in [5, 5.41) is 0. The van der Waals surface area contributed by atoms with E-state index < -0.39 is 0 Å². The summed E-state index contributed by atoms with van der Waals surface area (Å²) in [6.07, 6.45) is 2.14. The zero-order valence-electron chi connectivity index (χ0n) is 4.65. The Kier molecular flexibility index (Phi) is 1.02. The third-order valence-corrected chi connectivity index (χ3v) is 0.997. The van der Waals surface area contributed by atoms with Crippen molar-refractivity contribution >= 4 is 0 Å². The predicted molar refractivity (Wildman–Crippen MR) is 31.6 cm³/mol. The molecule has 42 valence electrons. The first-order valence-corrected chi connectivity index (χ1v) is 2.49. The lowest BCUT2D eigenvalue weighted by Crippen LogP contribution is -2.28. The van der Waals surface area contributed by atoms with E-state index in [0.717, 1.165) is 0 Å². The van der Waals surface area contributed by atoms with Crippen LogP contribution in [0.4, 0.5) is 0 Å². The van der Waals surface area contributed by atoms with E-state index in [4.69, 9.17) is 0 Å². The summed E-state index contributed by atoms with van der Waals surface area (Å²) in [6, 6.07) is 0.500. The quantitative estimate of drug-likeness (QED) is 0.466. The molecular weight excluding hydrogens is 88.1 g/mol. The minimum atomic E-state index is 0. The van der Waals surface area contributed by atoms with E-state index >= 15 is 0 Å². The summed E-state index contributed by atoms with van der Waals surface area (Å²) in [4.78, 5) is 0. The van der Waals surface area contributed by atoms with Crippen LogP contribution in [0.2, 0.25) is 0 Å². The van der Waals surface area contributed by atoms with Gasteiger partial charge in [-0.3, -0.25) is 0 Å². The van der Waals surface area contributed by atoms with Gasteiger partial charge >= 0.3 is 0 Å². The molecular formula is C5H12N2. The van der Waals surface area contributed by atoms with E-state index in [1.165, 1.54) is 5.70 Å². The van der Waals surface area contributed by atoms with Crippen molar-refractivity contribution in [3.8, 4) is 0 Å². The zero-order chi connectivity index (χ0) is 5.28. The fourth-order valence-corrected chi connectivity index (χ4v) is 0.686. The highest BCUT2D eigenvalue weighted by Crippen LogP contribution is 1.95. The molecule has 0 radical (unpaired) electrons. The van der Waals surface area contributed by atoms with Gasteiger partial charge in [-0.1, -0.05) is 0 Å². The molecule has 0 aromatic carbocycles. The SMILES string of the molecule is CC1=CC(C)NN1.[HH]. The lowest BCUT2D eigenvalue weighted by atomic mass is 10.3. The van der Waals surface area contributed by atoms with Crippen molar-refractivity contribution in [2.45, 2.75) is 19.9 Å². The molecule has 2 nitrogen and oxygen atoms in total. The standard InChI is InChI=1S/C5H10N2.H2/c1-4-3-5(2)7-6-4;/h3-4,6-7H,1-2H3;1H. The van der Waals surface area contributed by atoms with Gasteiger partial charge in [0.2, 0.25) is 0 Å². The van der Waals surface area contributed by atoms with Crippen LogP contribution in [0.25, 0.3) is 0 Å². The summed E-state index contributed by atoms with van der Waals surface area (Å²) in [5.41, 5.74) is 7.22. The maximum absolute atomic E-state index is 3.03. The molecule has 2 heteroatoms. The van der Waals surface area contributed by atoms with Crippen LogP contribution in [0.3, 0.4) is 0 Å². The molecule has 0 saturated carbocycles. The van der Waals surface area contributed by atoms with Crippen LogP contribution in [0.1, 0.15) is 15.3 Å². The Morgan fingerprint density at radius 3 is 2.71 bits per heavy atom. The molecule has 0 bridgehead atoms. The van der Waals surface area contributed by atoms with Crippen molar-refractivity contribution in [1.82, 2.24) is 10.9 Å². The maximum Gasteiger partial charge on any atom is 0.0432 e. The molecule has 7 heavy (non-hydrogen) atoms. The summed E-state index contributed by atoms with van der Waals surface area (Å²) in [5.74, 6) is 0. The molecule has 1 rings (SSSR count). The second-order valence-corrected chi connectivity index (χ2v) is 1.91. The van der Waals surface area contributed by atoms with Gasteiger partial charge in [0.1, 0.15) is 0 Å². The van der Waals surface area contributed by atoms with Gasteiger partial charge in [-0.25, -0.2) is 5.43 Å². The fraction of sp³-hybridized carbons (Fsp3) is 0.600. The first-order valence-electron chi connectivity index (χ1n) is 2.49. The summed E-state index contributed by atoms with van der Waals surface area (Å²) >= 11 is 0.